The van der Waals surface area contributed by atoms with Gasteiger partial charge in [0.15, 0.2) is 0 Å². The molecular formula is C14H20OS. The Hall–Kier alpha value is -0.470. The van der Waals surface area contributed by atoms with Crippen molar-refractivity contribution in [3.8, 4) is 0 Å². The summed E-state index contributed by atoms with van der Waals surface area (Å²) in [5.41, 5.74) is 3.09. The smallest absolute Gasteiger partial charge is 0.0793 e. The first-order valence-corrected chi connectivity index (χ1v) is 6.83. The highest BCUT2D eigenvalue weighted by Gasteiger charge is 2.28. The highest BCUT2D eigenvalue weighted by molar-refractivity contribution is 7.99. The molecule has 0 radical (unpaired) electrons. The van der Waals surface area contributed by atoms with Crippen LogP contribution in [0.15, 0.2) is 23.1 Å². The number of methoxy groups -OCH3 is 1. The van der Waals surface area contributed by atoms with Gasteiger partial charge in [-0.25, -0.2) is 0 Å². The lowest BCUT2D eigenvalue weighted by Gasteiger charge is -2.32. The van der Waals surface area contributed by atoms with Crippen LogP contribution in [0, 0.1) is 0 Å². The third-order valence-electron chi connectivity index (χ3n) is 3.54. The number of hydrogen-bond acceptors (Lipinski definition) is 2. The van der Waals surface area contributed by atoms with Crippen molar-refractivity contribution in [2.75, 3.05) is 12.9 Å². The maximum Gasteiger partial charge on any atom is 0.0793 e. The number of benzene rings is 1. The summed E-state index contributed by atoms with van der Waals surface area (Å²) >= 11 is 1.98. The maximum atomic E-state index is 5.39. The van der Waals surface area contributed by atoms with Gasteiger partial charge in [-0.3, -0.25) is 0 Å². The van der Waals surface area contributed by atoms with E-state index in [1.165, 1.54) is 28.2 Å². The zero-order valence-electron chi connectivity index (χ0n) is 10.5. The van der Waals surface area contributed by atoms with Crippen molar-refractivity contribution >= 4 is 11.8 Å². The first kappa shape index (κ1) is 12.0. The van der Waals surface area contributed by atoms with Crippen LogP contribution in [0.2, 0.25) is 0 Å². The van der Waals surface area contributed by atoms with E-state index in [9.17, 15) is 0 Å². The SMILES string of the molecule is COC(C)c1ccc2c(c1)C(C)(C)CCS2. The summed E-state index contributed by atoms with van der Waals surface area (Å²) in [5.74, 6) is 1.24. The fraction of sp³-hybridized carbons (Fsp3) is 0.571. The van der Waals surface area contributed by atoms with Gasteiger partial charge in [-0.15, -0.1) is 11.8 Å². The molecule has 1 aliphatic heterocycles. The van der Waals surface area contributed by atoms with Crippen LogP contribution < -0.4 is 0 Å². The average Bonchev–Trinajstić information content (AvgIpc) is 2.27. The molecule has 0 aromatic heterocycles. The minimum absolute atomic E-state index is 0.188. The van der Waals surface area contributed by atoms with E-state index in [0.29, 0.717) is 5.41 Å². The van der Waals surface area contributed by atoms with Crippen molar-refractivity contribution in [3.05, 3.63) is 29.3 Å². The normalized spacial score (nSPS) is 20.2. The zero-order valence-corrected chi connectivity index (χ0v) is 11.4. The van der Waals surface area contributed by atoms with Crippen LogP contribution in [0.4, 0.5) is 0 Å². The fourth-order valence-corrected chi connectivity index (χ4v) is 3.63. The third kappa shape index (κ3) is 2.14. The Labute approximate surface area is 103 Å². The number of rotatable bonds is 2. The molecule has 0 bridgehead atoms. The second-order valence-corrected chi connectivity index (χ2v) is 6.25. The van der Waals surface area contributed by atoms with Gasteiger partial charge in [0.25, 0.3) is 0 Å². The van der Waals surface area contributed by atoms with E-state index in [1.54, 1.807) is 7.11 Å². The fourth-order valence-electron chi connectivity index (χ4n) is 2.14. The van der Waals surface area contributed by atoms with Gasteiger partial charge in [0.2, 0.25) is 0 Å². The molecule has 88 valence electrons. The van der Waals surface area contributed by atoms with E-state index >= 15 is 0 Å². The average molecular weight is 236 g/mol. The van der Waals surface area contributed by atoms with Crippen LogP contribution in [-0.2, 0) is 10.2 Å². The summed E-state index contributed by atoms with van der Waals surface area (Å²) in [7, 11) is 1.77. The van der Waals surface area contributed by atoms with Crippen LogP contribution in [0.5, 0.6) is 0 Å². The van der Waals surface area contributed by atoms with Crippen LogP contribution in [0.1, 0.15) is 44.4 Å². The van der Waals surface area contributed by atoms with E-state index in [2.05, 4.69) is 39.0 Å². The second kappa shape index (κ2) is 4.42. The highest BCUT2D eigenvalue weighted by atomic mass is 32.2. The topological polar surface area (TPSA) is 9.23 Å². The molecule has 2 rings (SSSR count). The number of fused-ring (bicyclic) bond motifs is 1. The summed E-state index contributed by atoms with van der Waals surface area (Å²) < 4.78 is 5.39. The maximum absolute atomic E-state index is 5.39. The Kier molecular flexibility index (Phi) is 3.32. The molecule has 1 heterocycles. The molecule has 0 N–H and O–H groups in total. The van der Waals surface area contributed by atoms with Crippen molar-refractivity contribution in [1.82, 2.24) is 0 Å². The lowest BCUT2D eigenvalue weighted by molar-refractivity contribution is 0.119. The van der Waals surface area contributed by atoms with E-state index < -0.39 is 0 Å². The van der Waals surface area contributed by atoms with Crippen LogP contribution in [0.25, 0.3) is 0 Å². The molecule has 1 aromatic rings. The molecule has 0 amide bonds. The highest BCUT2D eigenvalue weighted by Crippen LogP contribution is 2.42. The Bertz CT molecular complexity index is 384. The molecule has 16 heavy (non-hydrogen) atoms. The van der Waals surface area contributed by atoms with Gasteiger partial charge in [-0.2, -0.15) is 0 Å². The quantitative estimate of drug-likeness (QED) is 0.762. The largest absolute Gasteiger partial charge is 0.377 e. The predicted octanol–water partition coefficient (Wildman–Crippen LogP) is 4.17. The van der Waals surface area contributed by atoms with E-state index in [1.807, 2.05) is 11.8 Å². The Morgan fingerprint density at radius 2 is 2.12 bits per heavy atom. The molecule has 1 unspecified atom stereocenters. The predicted molar refractivity (Wildman–Crippen MR) is 70.2 cm³/mol. The van der Waals surface area contributed by atoms with Gasteiger partial charge in [0.05, 0.1) is 6.10 Å². The van der Waals surface area contributed by atoms with Gasteiger partial charge in [-0.1, -0.05) is 26.0 Å². The van der Waals surface area contributed by atoms with Gasteiger partial charge in [0.1, 0.15) is 0 Å². The summed E-state index contributed by atoms with van der Waals surface area (Å²) in [5, 5.41) is 0. The molecular weight excluding hydrogens is 216 g/mol. The van der Waals surface area contributed by atoms with Crippen LogP contribution in [-0.4, -0.2) is 12.9 Å². The van der Waals surface area contributed by atoms with E-state index in [-0.39, 0.29) is 6.10 Å². The van der Waals surface area contributed by atoms with Crippen molar-refractivity contribution in [1.29, 1.82) is 0 Å². The van der Waals surface area contributed by atoms with E-state index in [0.717, 1.165) is 0 Å². The molecule has 0 fully saturated rings. The van der Waals surface area contributed by atoms with E-state index in [4.69, 9.17) is 4.74 Å². The Balaban J connectivity index is 2.43. The number of ether oxygens (including phenoxy) is 1. The third-order valence-corrected chi connectivity index (χ3v) is 4.62. The van der Waals surface area contributed by atoms with Gasteiger partial charge in [0, 0.05) is 12.0 Å². The first-order valence-electron chi connectivity index (χ1n) is 5.84. The van der Waals surface area contributed by atoms with Crippen LogP contribution in [0.3, 0.4) is 0 Å². The summed E-state index contributed by atoms with van der Waals surface area (Å²) in [4.78, 5) is 1.45. The van der Waals surface area contributed by atoms with Crippen molar-refractivity contribution in [2.45, 2.75) is 43.6 Å². The molecule has 0 saturated heterocycles. The second-order valence-electron chi connectivity index (χ2n) is 5.12. The first-order chi connectivity index (χ1) is 7.54. The zero-order chi connectivity index (χ0) is 11.8. The van der Waals surface area contributed by atoms with Crippen LogP contribution >= 0.6 is 11.8 Å². The monoisotopic (exact) mass is 236 g/mol. The molecule has 1 nitrogen and oxygen atoms in total. The minimum atomic E-state index is 0.188. The molecule has 0 spiro atoms. The van der Waals surface area contributed by atoms with Gasteiger partial charge >= 0.3 is 0 Å². The van der Waals surface area contributed by atoms with Gasteiger partial charge < -0.3 is 4.74 Å². The lowest BCUT2D eigenvalue weighted by Crippen LogP contribution is -2.23. The summed E-state index contributed by atoms with van der Waals surface area (Å²) in [6, 6.07) is 6.78. The molecule has 0 saturated carbocycles. The molecule has 1 atom stereocenters. The lowest BCUT2D eigenvalue weighted by atomic mass is 9.81. The Morgan fingerprint density at radius 3 is 2.81 bits per heavy atom. The molecule has 0 aliphatic carbocycles. The molecule has 1 aliphatic rings. The van der Waals surface area contributed by atoms with Gasteiger partial charge in [-0.05, 0) is 41.7 Å². The summed E-state index contributed by atoms with van der Waals surface area (Å²) in [6.45, 7) is 6.78. The molecule has 2 heteroatoms. The van der Waals surface area contributed by atoms with Crippen molar-refractivity contribution in [2.24, 2.45) is 0 Å². The van der Waals surface area contributed by atoms with Crippen molar-refractivity contribution < 1.29 is 4.74 Å². The standard InChI is InChI=1S/C14H20OS/c1-10(15-4)11-5-6-13-12(9-11)14(2,3)7-8-16-13/h5-6,9-10H,7-8H2,1-4H3. The minimum Gasteiger partial charge on any atom is -0.377 e. The summed E-state index contributed by atoms with van der Waals surface area (Å²) in [6.07, 6.45) is 1.45. The molecule has 1 aromatic carbocycles. The number of thioether (sulfide) groups is 1. The number of hydrogen-bond donors (Lipinski definition) is 0. The Morgan fingerprint density at radius 1 is 1.38 bits per heavy atom. The van der Waals surface area contributed by atoms with Crippen molar-refractivity contribution in [3.63, 3.8) is 0 Å².